The molecule has 0 saturated heterocycles. The van der Waals surface area contributed by atoms with E-state index in [9.17, 15) is 14.4 Å². The van der Waals surface area contributed by atoms with E-state index in [-0.39, 0.29) is 25.2 Å². The standard InChI is InChI=1S/C15H30N4O3/c1-7-16(8-2)13(20)18(11-5)15(22)19(12-6)14(21)17(9-3)10-4/h7-12H2,1-6H3. The van der Waals surface area contributed by atoms with Gasteiger partial charge in [0.05, 0.1) is 0 Å². The Morgan fingerprint density at radius 3 is 0.955 bits per heavy atom. The zero-order valence-corrected chi connectivity index (χ0v) is 14.8. The molecule has 0 aromatic heterocycles. The largest absolute Gasteiger partial charge is 0.336 e. The highest BCUT2D eigenvalue weighted by molar-refractivity contribution is 6.01. The monoisotopic (exact) mass is 314 g/mol. The fourth-order valence-corrected chi connectivity index (χ4v) is 2.18. The Kier molecular flexibility index (Phi) is 9.21. The van der Waals surface area contributed by atoms with E-state index in [1.54, 1.807) is 23.6 Å². The number of hydrogen-bond donors (Lipinski definition) is 0. The minimum atomic E-state index is -0.557. The maximum atomic E-state index is 12.6. The fraction of sp³-hybridized carbons (Fsp3) is 0.800. The molecule has 6 amide bonds. The Labute approximate surface area is 133 Å². The van der Waals surface area contributed by atoms with Crippen LogP contribution in [0.2, 0.25) is 0 Å². The molecule has 0 spiro atoms. The van der Waals surface area contributed by atoms with Crippen molar-refractivity contribution in [2.45, 2.75) is 41.5 Å². The van der Waals surface area contributed by atoms with Crippen molar-refractivity contribution in [3.05, 3.63) is 0 Å². The summed E-state index contributed by atoms with van der Waals surface area (Å²) in [6.07, 6.45) is 0. The van der Waals surface area contributed by atoms with Crippen molar-refractivity contribution in [1.82, 2.24) is 19.6 Å². The minimum absolute atomic E-state index is 0.232. The third kappa shape index (κ3) is 4.61. The van der Waals surface area contributed by atoms with Crippen molar-refractivity contribution < 1.29 is 14.4 Å². The quantitative estimate of drug-likeness (QED) is 0.757. The number of hydrogen-bond acceptors (Lipinski definition) is 3. The van der Waals surface area contributed by atoms with Gasteiger partial charge in [-0.15, -0.1) is 0 Å². The summed E-state index contributed by atoms with van der Waals surface area (Å²) in [6, 6.07) is -1.27. The first-order valence-electron chi connectivity index (χ1n) is 8.09. The Morgan fingerprint density at radius 2 is 0.773 bits per heavy atom. The topological polar surface area (TPSA) is 64.2 Å². The van der Waals surface area contributed by atoms with E-state index in [0.29, 0.717) is 26.2 Å². The Hall–Kier alpha value is -1.79. The van der Waals surface area contributed by atoms with Crippen LogP contribution in [0.5, 0.6) is 0 Å². The molecule has 0 fully saturated rings. The minimum Gasteiger partial charge on any atom is -0.325 e. The molecule has 0 aromatic rings. The van der Waals surface area contributed by atoms with Gasteiger partial charge in [0, 0.05) is 39.3 Å². The summed E-state index contributed by atoms with van der Waals surface area (Å²) in [5, 5.41) is 0. The maximum Gasteiger partial charge on any atom is 0.336 e. The number of carbonyl (C=O) groups is 3. The van der Waals surface area contributed by atoms with Crippen LogP contribution < -0.4 is 0 Å². The third-order valence-electron chi connectivity index (χ3n) is 3.62. The summed E-state index contributed by atoms with van der Waals surface area (Å²) in [7, 11) is 0. The molecule has 7 heteroatoms. The molecule has 0 N–H and O–H groups in total. The summed E-state index contributed by atoms with van der Waals surface area (Å²) < 4.78 is 0. The summed E-state index contributed by atoms with van der Waals surface area (Å²) in [5.41, 5.74) is 0. The first-order chi connectivity index (χ1) is 10.4. The van der Waals surface area contributed by atoms with Crippen LogP contribution in [0.1, 0.15) is 41.5 Å². The van der Waals surface area contributed by atoms with Crippen LogP contribution in [0.3, 0.4) is 0 Å². The van der Waals surface area contributed by atoms with Gasteiger partial charge in [-0.1, -0.05) is 0 Å². The molecule has 0 atom stereocenters. The van der Waals surface area contributed by atoms with Gasteiger partial charge >= 0.3 is 18.1 Å². The Balaban J connectivity index is 5.29. The highest BCUT2D eigenvalue weighted by Gasteiger charge is 2.32. The predicted molar refractivity (Wildman–Crippen MR) is 86.8 cm³/mol. The van der Waals surface area contributed by atoms with Crippen LogP contribution in [0.15, 0.2) is 0 Å². The zero-order valence-electron chi connectivity index (χ0n) is 14.8. The van der Waals surface area contributed by atoms with Gasteiger partial charge in [-0.3, -0.25) is 0 Å². The summed E-state index contributed by atoms with van der Waals surface area (Å²) in [6.45, 7) is 13.5. The van der Waals surface area contributed by atoms with Crippen LogP contribution in [0, 0.1) is 0 Å². The van der Waals surface area contributed by atoms with Crippen molar-refractivity contribution in [3.63, 3.8) is 0 Å². The van der Waals surface area contributed by atoms with Gasteiger partial charge in [0.25, 0.3) is 0 Å². The normalized spacial score (nSPS) is 10.1. The average molecular weight is 314 g/mol. The first-order valence-corrected chi connectivity index (χ1v) is 8.09. The molecule has 0 bridgehead atoms. The lowest BCUT2D eigenvalue weighted by molar-refractivity contribution is 0.130. The molecule has 0 saturated carbocycles. The van der Waals surface area contributed by atoms with E-state index >= 15 is 0 Å². The number of amides is 6. The number of carbonyl (C=O) groups excluding carboxylic acids is 3. The average Bonchev–Trinajstić information content (AvgIpc) is 2.51. The molecule has 7 nitrogen and oxygen atoms in total. The van der Waals surface area contributed by atoms with Gasteiger partial charge in [0.2, 0.25) is 0 Å². The number of nitrogens with zero attached hydrogens (tertiary/aromatic N) is 4. The number of urea groups is 3. The van der Waals surface area contributed by atoms with E-state index in [1.807, 2.05) is 27.7 Å². The number of imide groups is 2. The molecule has 0 rings (SSSR count). The molecule has 22 heavy (non-hydrogen) atoms. The second-order valence-corrected chi connectivity index (χ2v) is 4.68. The molecule has 0 radical (unpaired) electrons. The van der Waals surface area contributed by atoms with E-state index < -0.39 is 6.03 Å². The van der Waals surface area contributed by atoms with Crippen molar-refractivity contribution in [2.75, 3.05) is 39.3 Å². The second kappa shape index (κ2) is 10.0. The molecule has 0 heterocycles. The Bertz CT molecular complexity index is 345. The van der Waals surface area contributed by atoms with Crippen molar-refractivity contribution in [2.24, 2.45) is 0 Å². The van der Waals surface area contributed by atoms with Gasteiger partial charge in [-0.2, -0.15) is 0 Å². The molecule has 0 unspecified atom stereocenters. The van der Waals surface area contributed by atoms with Gasteiger partial charge in [-0.05, 0) is 41.5 Å². The van der Waals surface area contributed by atoms with Gasteiger partial charge in [-0.25, -0.2) is 24.2 Å². The highest BCUT2D eigenvalue weighted by Crippen LogP contribution is 2.08. The summed E-state index contributed by atoms with van der Waals surface area (Å²) in [5.74, 6) is 0. The second-order valence-electron chi connectivity index (χ2n) is 4.68. The molecule has 0 aliphatic heterocycles. The van der Waals surface area contributed by atoms with Crippen molar-refractivity contribution >= 4 is 18.1 Å². The molecular formula is C15H30N4O3. The van der Waals surface area contributed by atoms with Crippen LogP contribution in [0.4, 0.5) is 14.4 Å². The molecule has 128 valence electrons. The lowest BCUT2D eigenvalue weighted by Crippen LogP contribution is -2.55. The number of rotatable bonds is 6. The van der Waals surface area contributed by atoms with Crippen LogP contribution in [0.25, 0.3) is 0 Å². The lowest BCUT2D eigenvalue weighted by Gasteiger charge is -2.32. The molecular weight excluding hydrogens is 284 g/mol. The van der Waals surface area contributed by atoms with Gasteiger partial charge in [0.15, 0.2) is 0 Å². The lowest BCUT2D eigenvalue weighted by atomic mass is 10.4. The van der Waals surface area contributed by atoms with E-state index in [2.05, 4.69) is 0 Å². The van der Waals surface area contributed by atoms with Crippen LogP contribution in [-0.4, -0.2) is 77.0 Å². The van der Waals surface area contributed by atoms with Gasteiger partial charge < -0.3 is 9.80 Å². The van der Waals surface area contributed by atoms with E-state index in [0.717, 1.165) is 9.80 Å². The van der Waals surface area contributed by atoms with Crippen LogP contribution >= 0.6 is 0 Å². The van der Waals surface area contributed by atoms with Gasteiger partial charge in [0.1, 0.15) is 0 Å². The SMILES string of the molecule is CCN(CC)C(=O)N(CC)C(=O)N(CC)C(=O)N(CC)CC. The third-order valence-corrected chi connectivity index (χ3v) is 3.62. The molecule has 0 aliphatic rings. The van der Waals surface area contributed by atoms with Crippen LogP contribution in [-0.2, 0) is 0 Å². The summed E-state index contributed by atoms with van der Waals surface area (Å²) >= 11 is 0. The van der Waals surface area contributed by atoms with E-state index in [4.69, 9.17) is 0 Å². The molecule has 0 aliphatic carbocycles. The zero-order chi connectivity index (χ0) is 17.3. The summed E-state index contributed by atoms with van der Waals surface area (Å²) in [4.78, 5) is 42.8. The Morgan fingerprint density at radius 1 is 0.500 bits per heavy atom. The van der Waals surface area contributed by atoms with Crippen molar-refractivity contribution in [1.29, 1.82) is 0 Å². The maximum absolute atomic E-state index is 12.6. The predicted octanol–water partition coefficient (Wildman–Crippen LogP) is 2.67. The first kappa shape index (κ1) is 20.2. The highest BCUT2D eigenvalue weighted by atomic mass is 16.2. The smallest absolute Gasteiger partial charge is 0.325 e. The van der Waals surface area contributed by atoms with E-state index in [1.165, 1.54) is 0 Å². The van der Waals surface area contributed by atoms with Crippen molar-refractivity contribution in [3.8, 4) is 0 Å². The fourth-order valence-electron chi connectivity index (χ4n) is 2.18. The molecule has 0 aromatic carbocycles.